The number of β-amino-alcohol motifs (C(OH)–C–C–N with tert-alkyl or cyclic N) is 2. The van der Waals surface area contributed by atoms with Crippen LogP contribution in [0.15, 0.2) is 24.3 Å². The standard InChI is InChI=1S/C17H25FN2O3/c18-13-2-1-3-14(8-13)20-6-4-12(5-7-20)9-19-10-15(21)17(23)16(22)11-19/h1-3,8,12,15-17,21-23H,4-7,9-11H2. The summed E-state index contributed by atoms with van der Waals surface area (Å²) in [5.74, 6) is 0.286. The molecule has 2 aliphatic rings. The van der Waals surface area contributed by atoms with Crippen LogP contribution < -0.4 is 4.90 Å². The Labute approximate surface area is 136 Å². The van der Waals surface area contributed by atoms with Crippen LogP contribution in [0, 0.1) is 11.7 Å². The summed E-state index contributed by atoms with van der Waals surface area (Å²) in [6.07, 6.45) is -0.804. The molecule has 2 heterocycles. The van der Waals surface area contributed by atoms with Crippen molar-refractivity contribution >= 4 is 5.69 Å². The molecule has 6 heteroatoms. The van der Waals surface area contributed by atoms with Crippen molar-refractivity contribution in [2.45, 2.75) is 31.2 Å². The topological polar surface area (TPSA) is 67.2 Å². The first-order valence-corrected chi connectivity index (χ1v) is 8.30. The van der Waals surface area contributed by atoms with Crippen molar-refractivity contribution < 1.29 is 19.7 Å². The lowest BCUT2D eigenvalue weighted by atomic mass is 9.93. The zero-order chi connectivity index (χ0) is 16.4. The van der Waals surface area contributed by atoms with Crippen LogP contribution in [0.25, 0.3) is 0 Å². The predicted molar refractivity (Wildman–Crippen MR) is 85.8 cm³/mol. The van der Waals surface area contributed by atoms with Gasteiger partial charge in [-0.1, -0.05) is 6.07 Å². The lowest BCUT2D eigenvalue weighted by Gasteiger charge is -2.40. The van der Waals surface area contributed by atoms with Gasteiger partial charge >= 0.3 is 0 Å². The van der Waals surface area contributed by atoms with Crippen LogP contribution >= 0.6 is 0 Å². The van der Waals surface area contributed by atoms with Crippen molar-refractivity contribution in [2.75, 3.05) is 37.6 Å². The van der Waals surface area contributed by atoms with Crippen molar-refractivity contribution in [2.24, 2.45) is 5.92 Å². The van der Waals surface area contributed by atoms with Gasteiger partial charge in [0.05, 0.1) is 12.2 Å². The number of nitrogens with zero attached hydrogens (tertiary/aromatic N) is 2. The van der Waals surface area contributed by atoms with E-state index in [0.29, 0.717) is 19.0 Å². The maximum absolute atomic E-state index is 13.3. The number of aliphatic hydroxyl groups is 3. The van der Waals surface area contributed by atoms with Crippen molar-refractivity contribution in [3.63, 3.8) is 0 Å². The second-order valence-electron chi connectivity index (χ2n) is 6.75. The van der Waals surface area contributed by atoms with Gasteiger partial charge in [-0.2, -0.15) is 0 Å². The van der Waals surface area contributed by atoms with Gasteiger partial charge in [-0.3, -0.25) is 4.90 Å². The van der Waals surface area contributed by atoms with Crippen LogP contribution in [-0.2, 0) is 0 Å². The van der Waals surface area contributed by atoms with E-state index < -0.39 is 18.3 Å². The molecule has 0 spiro atoms. The molecule has 2 fully saturated rings. The SMILES string of the molecule is OC1CN(CC2CCN(c3cccc(F)c3)CC2)CC(O)C1O. The summed E-state index contributed by atoms with van der Waals surface area (Å²) < 4.78 is 13.3. The van der Waals surface area contributed by atoms with E-state index in [1.54, 1.807) is 12.1 Å². The van der Waals surface area contributed by atoms with Gasteiger partial charge in [0.25, 0.3) is 0 Å². The first-order chi connectivity index (χ1) is 11.0. The largest absolute Gasteiger partial charge is 0.389 e. The van der Waals surface area contributed by atoms with Crippen molar-refractivity contribution in [3.8, 4) is 0 Å². The number of rotatable bonds is 3. The monoisotopic (exact) mass is 324 g/mol. The van der Waals surface area contributed by atoms with Crippen molar-refractivity contribution in [1.82, 2.24) is 4.90 Å². The highest BCUT2D eigenvalue weighted by Gasteiger charge is 2.34. The molecule has 2 saturated heterocycles. The quantitative estimate of drug-likeness (QED) is 0.753. The van der Waals surface area contributed by atoms with Gasteiger partial charge in [0.15, 0.2) is 0 Å². The molecule has 0 bridgehead atoms. The smallest absolute Gasteiger partial charge is 0.125 e. The molecule has 2 unspecified atom stereocenters. The highest BCUT2D eigenvalue weighted by molar-refractivity contribution is 5.46. The Balaban J connectivity index is 1.50. The number of halogens is 1. The highest BCUT2D eigenvalue weighted by atomic mass is 19.1. The molecule has 1 aromatic carbocycles. The van der Waals surface area contributed by atoms with Crippen molar-refractivity contribution in [3.05, 3.63) is 30.1 Å². The summed E-state index contributed by atoms with van der Waals surface area (Å²) in [7, 11) is 0. The van der Waals surface area contributed by atoms with Crippen LogP contribution in [-0.4, -0.2) is 71.3 Å². The molecule has 3 rings (SSSR count). The number of benzene rings is 1. The maximum Gasteiger partial charge on any atom is 0.125 e. The molecule has 3 N–H and O–H groups in total. The molecule has 23 heavy (non-hydrogen) atoms. The predicted octanol–water partition coefficient (Wildman–Crippen LogP) is 0.440. The van der Waals surface area contributed by atoms with E-state index in [-0.39, 0.29) is 5.82 Å². The number of aliphatic hydroxyl groups excluding tert-OH is 3. The fraction of sp³-hybridized carbons (Fsp3) is 0.647. The molecule has 0 aliphatic carbocycles. The Morgan fingerprint density at radius 1 is 1.04 bits per heavy atom. The van der Waals surface area contributed by atoms with Crippen LogP contribution in [0.2, 0.25) is 0 Å². The number of likely N-dealkylation sites (tertiary alicyclic amines) is 1. The van der Waals surface area contributed by atoms with Gasteiger partial charge in [0.1, 0.15) is 11.9 Å². The number of anilines is 1. The minimum absolute atomic E-state index is 0.209. The van der Waals surface area contributed by atoms with E-state index in [4.69, 9.17) is 0 Å². The molecule has 0 amide bonds. The number of piperidine rings is 2. The van der Waals surface area contributed by atoms with Crippen LogP contribution in [0.4, 0.5) is 10.1 Å². The summed E-state index contributed by atoms with van der Waals surface area (Å²) in [4.78, 5) is 4.23. The van der Waals surface area contributed by atoms with Crippen LogP contribution in [0.3, 0.4) is 0 Å². The van der Waals surface area contributed by atoms with E-state index >= 15 is 0 Å². The van der Waals surface area contributed by atoms with Crippen molar-refractivity contribution in [1.29, 1.82) is 0 Å². The Morgan fingerprint density at radius 3 is 2.30 bits per heavy atom. The molecule has 0 radical (unpaired) electrons. The van der Waals surface area contributed by atoms with Gasteiger partial charge in [0, 0.05) is 38.4 Å². The molecule has 0 saturated carbocycles. The molecule has 0 aromatic heterocycles. The van der Waals surface area contributed by atoms with Gasteiger partial charge in [-0.25, -0.2) is 4.39 Å². The van der Waals surface area contributed by atoms with Gasteiger partial charge < -0.3 is 20.2 Å². The maximum atomic E-state index is 13.3. The molecule has 128 valence electrons. The van der Waals surface area contributed by atoms with Crippen LogP contribution in [0.1, 0.15) is 12.8 Å². The highest BCUT2D eigenvalue weighted by Crippen LogP contribution is 2.25. The summed E-state index contributed by atoms with van der Waals surface area (Å²) in [5, 5.41) is 29.1. The molecular formula is C17H25FN2O3. The first kappa shape index (κ1) is 16.6. The number of hydrogen-bond acceptors (Lipinski definition) is 5. The third kappa shape index (κ3) is 4.01. The fourth-order valence-corrected chi connectivity index (χ4v) is 3.64. The third-order valence-electron chi connectivity index (χ3n) is 4.98. The van der Waals surface area contributed by atoms with E-state index in [1.165, 1.54) is 6.07 Å². The summed E-state index contributed by atoms with van der Waals surface area (Å²) >= 11 is 0. The average Bonchev–Trinajstić information content (AvgIpc) is 2.53. The minimum Gasteiger partial charge on any atom is -0.389 e. The van der Waals surface area contributed by atoms with E-state index in [0.717, 1.165) is 38.2 Å². The fourth-order valence-electron chi connectivity index (χ4n) is 3.64. The zero-order valence-electron chi connectivity index (χ0n) is 13.2. The van der Waals surface area contributed by atoms with E-state index in [9.17, 15) is 19.7 Å². The summed E-state index contributed by atoms with van der Waals surface area (Å²) in [6.45, 7) is 3.40. The third-order valence-corrected chi connectivity index (χ3v) is 4.98. The minimum atomic E-state index is -1.04. The Bertz CT molecular complexity index is 510. The molecule has 1 aromatic rings. The first-order valence-electron chi connectivity index (χ1n) is 8.30. The Hall–Kier alpha value is -1.21. The zero-order valence-corrected chi connectivity index (χ0v) is 13.2. The molecule has 2 aliphatic heterocycles. The second kappa shape index (κ2) is 7.13. The Kier molecular flexibility index (Phi) is 5.16. The normalized spacial score (nSPS) is 30.6. The lowest BCUT2D eigenvalue weighted by molar-refractivity contribution is -0.112. The molecule has 5 nitrogen and oxygen atoms in total. The second-order valence-corrected chi connectivity index (χ2v) is 6.75. The molecular weight excluding hydrogens is 299 g/mol. The van der Waals surface area contributed by atoms with E-state index in [1.807, 2.05) is 11.0 Å². The van der Waals surface area contributed by atoms with E-state index in [2.05, 4.69) is 4.90 Å². The average molecular weight is 324 g/mol. The van der Waals surface area contributed by atoms with Crippen LogP contribution in [0.5, 0.6) is 0 Å². The van der Waals surface area contributed by atoms with Gasteiger partial charge in [-0.05, 0) is 37.0 Å². The Morgan fingerprint density at radius 2 is 1.70 bits per heavy atom. The molecule has 2 atom stereocenters. The lowest BCUT2D eigenvalue weighted by Crippen LogP contribution is -2.56. The number of hydrogen-bond donors (Lipinski definition) is 3. The summed E-state index contributed by atoms with van der Waals surface area (Å²) in [5.41, 5.74) is 0.926. The van der Waals surface area contributed by atoms with Gasteiger partial charge in [0.2, 0.25) is 0 Å². The summed E-state index contributed by atoms with van der Waals surface area (Å²) in [6, 6.07) is 6.69. The van der Waals surface area contributed by atoms with Gasteiger partial charge in [-0.15, -0.1) is 0 Å².